The first kappa shape index (κ1) is 19.3. The number of para-hydroxylation sites is 2. The van der Waals surface area contributed by atoms with Crippen molar-refractivity contribution >= 4 is 11.0 Å². The molecule has 1 aromatic heterocycles. The molecule has 0 fully saturated rings. The Kier molecular flexibility index (Phi) is 4.82. The Morgan fingerprint density at radius 3 is 1.48 bits per heavy atom. The van der Waals surface area contributed by atoms with Crippen LogP contribution in [0, 0.1) is 0 Å². The number of fused-ring (bicyclic) bond motifs is 1. The third kappa shape index (κ3) is 3.62. The molecule has 0 saturated heterocycles. The normalized spacial score (nSPS) is 11.0. The summed E-state index contributed by atoms with van der Waals surface area (Å²) in [4.78, 5) is 8.58. The van der Waals surface area contributed by atoms with E-state index in [9.17, 15) is 0 Å². The Bertz CT molecular complexity index is 1440. The van der Waals surface area contributed by atoms with Gasteiger partial charge in [0, 0.05) is 5.56 Å². The van der Waals surface area contributed by atoms with Gasteiger partial charge in [-0.15, -0.1) is 0 Å². The first-order valence-electron chi connectivity index (χ1n) is 11.2. The molecule has 6 aromatic rings. The van der Waals surface area contributed by atoms with Gasteiger partial charge in [-0.2, -0.15) is 0 Å². The third-order valence-corrected chi connectivity index (χ3v) is 6.04. The van der Waals surface area contributed by atoms with Gasteiger partial charge in [0.25, 0.3) is 0 Å². The molecule has 1 N–H and O–H groups in total. The summed E-state index contributed by atoms with van der Waals surface area (Å²) < 4.78 is 0. The van der Waals surface area contributed by atoms with Crippen molar-refractivity contribution in [3.63, 3.8) is 0 Å². The average molecular weight is 423 g/mol. The Morgan fingerprint density at radius 2 is 0.939 bits per heavy atom. The Hall–Kier alpha value is -4.43. The maximum Gasteiger partial charge on any atom is 0.139 e. The Labute approximate surface area is 193 Å². The Morgan fingerprint density at radius 1 is 0.455 bits per heavy atom. The van der Waals surface area contributed by atoms with Crippen molar-refractivity contribution in [2.75, 3.05) is 0 Å². The summed E-state index contributed by atoms with van der Waals surface area (Å²) >= 11 is 0. The SMILES string of the molecule is c1ccc(-c2cc(-c3ccccc3)c(-c3nc4ccccc4[nH]3)c(-c3ccccc3)c2)cc1. The van der Waals surface area contributed by atoms with E-state index in [1.165, 1.54) is 22.3 Å². The minimum Gasteiger partial charge on any atom is -0.338 e. The van der Waals surface area contributed by atoms with E-state index < -0.39 is 0 Å². The van der Waals surface area contributed by atoms with Crippen LogP contribution in [-0.2, 0) is 0 Å². The molecule has 1 heterocycles. The van der Waals surface area contributed by atoms with Crippen molar-refractivity contribution in [3.05, 3.63) is 127 Å². The molecule has 0 unspecified atom stereocenters. The molecule has 2 nitrogen and oxygen atoms in total. The highest BCUT2D eigenvalue weighted by Gasteiger charge is 2.19. The number of imidazole rings is 1. The molecule has 2 heteroatoms. The number of aromatic nitrogens is 2. The van der Waals surface area contributed by atoms with E-state index in [-0.39, 0.29) is 0 Å². The fraction of sp³-hybridized carbons (Fsp3) is 0. The summed E-state index contributed by atoms with van der Waals surface area (Å²) in [7, 11) is 0. The second-order valence-corrected chi connectivity index (χ2v) is 8.15. The van der Waals surface area contributed by atoms with Crippen LogP contribution >= 0.6 is 0 Å². The second-order valence-electron chi connectivity index (χ2n) is 8.15. The van der Waals surface area contributed by atoms with Crippen molar-refractivity contribution in [1.29, 1.82) is 0 Å². The summed E-state index contributed by atoms with van der Waals surface area (Å²) in [5, 5.41) is 0. The quantitative estimate of drug-likeness (QED) is 0.304. The molecule has 0 radical (unpaired) electrons. The highest BCUT2D eigenvalue weighted by Crippen LogP contribution is 2.42. The molecule has 6 rings (SSSR count). The predicted octanol–water partition coefficient (Wildman–Crippen LogP) is 8.23. The summed E-state index contributed by atoms with van der Waals surface area (Å²) in [5.41, 5.74) is 10.2. The predicted molar refractivity (Wildman–Crippen MR) is 138 cm³/mol. The van der Waals surface area contributed by atoms with Gasteiger partial charge in [0.05, 0.1) is 11.0 Å². The molecule has 0 aliphatic carbocycles. The van der Waals surface area contributed by atoms with E-state index in [0.29, 0.717) is 0 Å². The van der Waals surface area contributed by atoms with E-state index >= 15 is 0 Å². The van der Waals surface area contributed by atoms with Crippen LogP contribution in [-0.4, -0.2) is 9.97 Å². The number of hydrogen-bond donors (Lipinski definition) is 1. The van der Waals surface area contributed by atoms with Crippen molar-refractivity contribution in [2.24, 2.45) is 0 Å². The van der Waals surface area contributed by atoms with Gasteiger partial charge in [0.2, 0.25) is 0 Å². The van der Waals surface area contributed by atoms with E-state index in [4.69, 9.17) is 4.98 Å². The van der Waals surface area contributed by atoms with Crippen LogP contribution in [0.25, 0.3) is 55.8 Å². The van der Waals surface area contributed by atoms with Gasteiger partial charge < -0.3 is 4.98 Å². The number of benzene rings is 5. The zero-order valence-electron chi connectivity index (χ0n) is 18.1. The molecular weight excluding hydrogens is 400 g/mol. The van der Waals surface area contributed by atoms with Crippen molar-refractivity contribution < 1.29 is 0 Å². The van der Waals surface area contributed by atoms with Gasteiger partial charge in [-0.25, -0.2) is 4.98 Å². The van der Waals surface area contributed by atoms with Crippen LogP contribution < -0.4 is 0 Å². The van der Waals surface area contributed by atoms with Gasteiger partial charge in [-0.05, 0) is 57.6 Å². The Balaban J connectivity index is 1.72. The highest BCUT2D eigenvalue weighted by atomic mass is 14.9. The lowest BCUT2D eigenvalue weighted by Crippen LogP contribution is -1.94. The van der Waals surface area contributed by atoms with Crippen molar-refractivity contribution in [3.8, 4) is 44.8 Å². The number of aromatic amines is 1. The van der Waals surface area contributed by atoms with E-state index in [2.05, 4.69) is 120 Å². The minimum atomic E-state index is 0.883. The summed E-state index contributed by atoms with van der Waals surface area (Å²) in [6.45, 7) is 0. The smallest absolute Gasteiger partial charge is 0.139 e. The number of nitrogens with zero attached hydrogens (tertiary/aromatic N) is 1. The highest BCUT2D eigenvalue weighted by molar-refractivity contribution is 5.97. The molecule has 0 atom stereocenters. The summed E-state index contributed by atoms with van der Waals surface area (Å²) in [6.07, 6.45) is 0. The van der Waals surface area contributed by atoms with Crippen LogP contribution in [0.15, 0.2) is 127 Å². The fourth-order valence-electron chi connectivity index (χ4n) is 4.46. The maximum atomic E-state index is 5.00. The number of rotatable bonds is 4. The first-order valence-corrected chi connectivity index (χ1v) is 11.2. The van der Waals surface area contributed by atoms with Crippen molar-refractivity contribution in [2.45, 2.75) is 0 Å². The molecule has 0 saturated carbocycles. The maximum absolute atomic E-state index is 5.00. The first-order chi connectivity index (χ1) is 16.4. The number of hydrogen-bond acceptors (Lipinski definition) is 1. The molecule has 5 aromatic carbocycles. The van der Waals surface area contributed by atoms with E-state index in [1.807, 2.05) is 12.1 Å². The van der Waals surface area contributed by atoms with Gasteiger partial charge in [0.15, 0.2) is 0 Å². The number of nitrogens with one attached hydrogen (secondary N) is 1. The monoisotopic (exact) mass is 422 g/mol. The minimum absolute atomic E-state index is 0.883. The van der Waals surface area contributed by atoms with Crippen LogP contribution in [0.1, 0.15) is 0 Å². The zero-order chi connectivity index (χ0) is 22.0. The lowest BCUT2D eigenvalue weighted by Gasteiger charge is -2.17. The van der Waals surface area contributed by atoms with Crippen LogP contribution in [0.3, 0.4) is 0 Å². The molecule has 0 bridgehead atoms. The lowest BCUT2D eigenvalue weighted by atomic mass is 9.87. The zero-order valence-corrected chi connectivity index (χ0v) is 18.1. The standard InChI is InChI=1S/C31H22N2/c1-4-12-22(13-5-1)25-20-26(23-14-6-2-7-15-23)30(27(21-25)24-16-8-3-9-17-24)31-32-28-18-10-11-19-29(28)33-31/h1-21H,(H,32,33). The molecule has 0 aliphatic rings. The molecule has 0 spiro atoms. The van der Waals surface area contributed by atoms with E-state index in [0.717, 1.165) is 33.5 Å². The second kappa shape index (κ2) is 8.25. The third-order valence-electron chi connectivity index (χ3n) is 6.04. The van der Waals surface area contributed by atoms with Crippen molar-refractivity contribution in [1.82, 2.24) is 9.97 Å². The summed E-state index contributed by atoms with van der Waals surface area (Å²) in [6, 6.07) is 44.5. The van der Waals surface area contributed by atoms with Gasteiger partial charge >= 0.3 is 0 Å². The lowest BCUT2D eigenvalue weighted by molar-refractivity contribution is 1.33. The molecule has 0 amide bonds. The number of H-pyrrole nitrogens is 1. The van der Waals surface area contributed by atoms with Gasteiger partial charge in [-0.1, -0.05) is 103 Å². The fourth-order valence-corrected chi connectivity index (χ4v) is 4.46. The van der Waals surface area contributed by atoms with Gasteiger partial charge in [0.1, 0.15) is 5.82 Å². The largest absolute Gasteiger partial charge is 0.338 e. The molecular formula is C31H22N2. The van der Waals surface area contributed by atoms with Crippen LogP contribution in [0.2, 0.25) is 0 Å². The van der Waals surface area contributed by atoms with Crippen LogP contribution in [0.5, 0.6) is 0 Å². The average Bonchev–Trinajstić information content (AvgIpc) is 3.33. The van der Waals surface area contributed by atoms with E-state index in [1.54, 1.807) is 0 Å². The summed E-state index contributed by atoms with van der Waals surface area (Å²) in [5.74, 6) is 0.883. The van der Waals surface area contributed by atoms with Crippen LogP contribution in [0.4, 0.5) is 0 Å². The molecule has 0 aliphatic heterocycles. The topological polar surface area (TPSA) is 28.7 Å². The van der Waals surface area contributed by atoms with Gasteiger partial charge in [-0.3, -0.25) is 0 Å². The molecule has 156 valence electrons. The molecule has 33 heavy (non-hydrogen) atoms.